The number of phosphoric ester groups is 1. The maximum atomic E-state index is 11.9. The van der Waals surface area contributed by atoms with Crippen LogP contribution < -0.4 is 0 Å². The fourth-order valence-electron chi connectivity index (χ4n) is 1.47. The minimum Gasteiger partial charge on any atom is -0.452 e. The third kappa shape index (κ3) is 24.9. The summed E-state index contributed by atoms with van der Waals surface area (Å²) in [7, 11) is -4.91. The van der Waals surface area contributed by atoms with Crippen molar-refractivity contribution in [2.24, 2.45) is 0 Å². The van der Waals surface area contributed by atoms with E-state index in [2.05, 4.69) is 135 Å². The van der Waals surface area contributed by atoms with Crippen molar-refractivity contribution >= 4 is 19.8 Å². The number of carbonyl (C=O) groups is 2. The molecule has 0 aliphatic heterocycles. The molecule has 0 heterocycles. The first-order valence-electron chi connectivity index (χ1n) is 10.2. The topological polar surface area (TPSA) is 119 Å². The predicted octanol–water partition coefficient (Wildman–Crippen LogP) is -0.369. The first kappa shape index (κ1) is 33.8. The first-order chi connectivity index (χ1) is 19.3. The molecule has 0 saturated carbocycles. The van der Waals surface area contributed by atoms with Crippen LogP contribution in [0.15, 0.2) is 0 Å². The average Bonchev–Trinajstić information content (AvgIpc) is 2.91. The lowest BCUT2D eigenvalue weighted by Crippen LogP contribution is -2.28. The van der Waals surface area contributed by atoms with E-state index in [0.29, 0.717) is 0 Å². The minimum atomic E-state index is -4.91. The Morgan fingerprint density at radius 3 is 1.30 bits per heavy atom. The highest BCUT2D eigenvalue weighted by Gasteiger charge is 2.22. The molecule has 1 atom stereocenters. The molecule has 9 heteroatoms. The van der Waals surface area contributed by atoms with Crippen LogP contribution in [0.1, 0.15) is 13.8 Å². The number of hydrogen-bond acceptors (Lipinski definition) is 6. The molecule has 0 spiro atoms. The average molecular weight is 544 g/mol. The smallest absolute Gasteiger partial charge is 0.452 e. The summed E-state index contributed by atoms with van der Waals surface area (Å²) in [4.78, 5) is 41.3. The third-order valence-electron chi connectivity index (χ3n) is 2.81. The summed E-state index contributed by atoms with van der Waals surface area (Å²) in [5, 5.41) is 0. The molecule has 0 radical (unpaired) electrons. The summed E-state index contributed by atoms with van der Waals surface area (Å²) in [6.45, 7) is 1.80. The Morgan fingerprint density at radius 2 is 0.925 bits per heavy atom. The highest BCUT2D eigenvalue weighted by Crippen LogP contribution is 2.35. The number of ether oxygens (including phenoxy) is 2. The SMILES string of the molecule is CC#CC#CC#CC#CC#CC#CC#CC(=O)O[C@@H](COC(=O)C#CC#CC#CC#CC#CC)COP(=O)(O)O. The molecule has 0 fully saturated rings. The van der Waals surface area contributed by atoms with Crippen molar-refractivity contribution < 1.29 is 37.9 Å². The number of carbonyl (C=O) groups excluding carboxylic acids is 2. The van der Waals surface area contributed by atoms with Crippen LogP contribution in [0.4, 0.5) is 0 Å². The normalized spacial score (nSPS) is 7.60. The quantitative estimate of drug-likeness (QED) is 0.201. The van der Waals surface area contributed by atoms with E-state index in [0.717, 1.165) is 0 Å². The zero-order chi connectivity index (χ0) is 29.7. The van der Waals surface area contributed by atoms with Crippen molar-refractivity contribution in [3.8, 4) is 142 Å². The molecule has 0 aromatic carbocycles. The van der Waals surface area contributed by atoms with E-state index in [4.69, 9.17) is 19.3 Å². The van der Waals surface area contributed by atoms with Crippen molar-refractivity contribution in [2.45, 2.75) is 20.0 Å². The molecular weight excluding hydrogens is 531 g/mol. The summed E-state index contributed by atoms with van der Waals surface area (Å²) in [6.07, 6.45) is -1.43. The second-order valence-corrected chi connectivity index (χ2v) is 6.90. The van der Waals surface area contributed by atoms with Crippen molar-refractivity contribution in [2.75, 3.05) is 13.2 Å². The van der Waals surface area contributed by atoms with Crippen molar-refractivity contribution in [3.05, 3.63) is 0 Å². The van der Waals surface area contributed by atoms with Gasteiger partial charge in [-0.15, -0.1) is 0 Å². The van der Waals surface area contributed by atoms with E-state index in [1.165, 1.54) is 0 Å². The Kier molecular flexibility index (Phi) is 19.6. The van der Waals surface area contributed by atoms with Crippen LogP contribution in [0.5, 0.6) is 0 Å². The Morgan fingerprint density at radius 1 is 0.575 bits per heavy atom. The summed E-state index contributed by atoms with van der Waals surface area (Å²) < 4.78 is 24.9. The van der Waals surface area contributed by atoms with Gasteiger partial charge in [-0.05, 0) is 132 Å². The van der Waals surface area contributed by atoms with E-state index in [1.54, 1.807) is 13.8 Å². The number of hydrogen-bond donors (Lipinski definition) is 2. The number of esters is 2. The minimum absolute atomic E-state index is 0.654. The molecule has 2 N–H and O–H groups in total. The molecule has 0 aliphatic carbocycles. The van der Waals surface area contributed by atoms with Crippen LogP contribution >= 0.6 is 7.82 Å². The van der Waals surface area contributed by atoms with Crippen LogP contribution in [0.3, 0.4) is 0 Å². The van der Waals surface area contributed by atoms with Crippen molar-refractivity contribution in [1.29, 1.82) is 0 Å². The summed E-state index contributed by atoms with van der Waals surface area (Å²) in [5.41, 5.74) is 0. The maximum absolute atomic E-state index is 11.9. The number of rotatable bonds is 6. The summed E-state index contributed by atoms with van der Waals surface area (Å²) in [6, 6.07) is 0. The lowest BCUT2D eigenvalue weighted by molar-refractivity contribution is -0.153. The van der Waals surface area contributed by atoms with Crippen LogP contribution in [-0.2, 0) is 28.2 Å². The van der Waals surface area contributed by atoms with Gasteiger partial charge in [-0.25, -0.2) is 14.2 Å². The molecule has 0 saturated heterocycles. The van der Waals surface area contributed by atoms with Gasteiger partial charge in [0, 0.05) is 11.8 Å². The molecule has 0 bridgehead atoms. The van der Waals surface area contributed by atoms with Crippen molar-refractivity contribution in [3.63, 3.8) is 0 Å². The fourth-order valence-corrected chi connectivity index (χ4v) is 1.83. The van der Waals surface area contributed by atoms with Gasteiger partial charge >= 0.3 is 19.8 Å². The molecule has 0 unspecified atom stereocenters. The predicted molar refractivity (Wildman–Crippen MR) is 143 cm³/mol. The van der Waals surface area contributed by atoms with Gasteiger partial charge < -0.3 is 19.3 Å². The van der Waals surface area contributed by atoms with Gasteiger partial charge in [0.05, 0.1) is 6.61 Å². The van der Waals surface area contributed by atoms with E-state index in [9.17, 15) is 14.2 Å². The van der Waals surface area contributed by atoms with Gasteiger partial charge in [0.25, 0.3) is 0 Å². The second-order valence-electron chi connectivity index (χ2n) is 5.66. The molecule has 0 aliphatic rings. The first-order valence-corrected chi connectivity index (χ1v) is 11.7. The maximum Gasteiger partial charge on any atom is 0.469 e. The molecule has 0 aromatic heterocycles. The Labute approximate surface area is 232 Å². The highest BCUT2D eigenvalue weighted by molar-refractivity contribution is 7.46. The Hall–Kier alpha value is -6.23. The molecule has 0 aromatic rings. The van der Waals surface area contributed by atoms with Gasteiger partial charge in [0.2, 0.25) is 0 Å². The van der Waals surface area contributed by atoms with E-state index < -0.39 is 39.1 Å². The van der Waals surface area contributed by atoms with Gasteiger partial charge in [-0.2, -0.15) is 0 Å². The largest absolute Gasteiger partial charge is 0.469 e. The lowest BCUT2D eigenvalue weighted by atomic mass is 10.4. The van der Waals surface area contributed by atoms with Gasteiger partial charge in [0.15, 0.2) is 6.10 Å². The van der Waals surface area contributed by atoms with Crippen LogP contribution in [0.2, 0.25) is 0 Å². The molecule has 8 nitrogen and oxygen atoms in total. The van der Waals surface area contributed by atoms with Gasteiger partial charge in [-0.1, -0.05) is 11.8 Å². The van der Waals surface area contributed by atoms with Gasteiger partial charge in [-0.3, -0.25) is 4.52 Å². The summed E-state index contributed by atoms with van der Waals surface area (Å²) >= 11 is 0. The zero-order valence-electron chi connectivity index (χ0n) is 20.8. The van der Waals surface area contributed by atoms with E-state index in [1.807, 2.05) is 11.8 Å². The molecular formula is C31H13O8P. The standard InChI is InChI=1S/C31H13O8P/c1-3-5-7-9-11-13-14-15-16-18-20-22-24-26-31(33)39-29(28-38-40(34,35)36)27-37-30(32)25-23-21-19-17-12-10-8-6-4-2/h29H,27-28H2,1-2H3,(H2,34,35,36)/t29-/m0/s1. The van der Waals surface area contributed by atoms with Crippen molar-refractivity contribution in [1.82, 2.24) is 0 Å². The van der Waals surface area contributed by atoms with E-state index in [-0.39, 0.29) is 0 Å². The second kappa shape index (κ2) is 23.2. The van der Waals surface area contributed by atoms with Gasteiger partial charge in [0.1, 0.15) is 6.61 Å². The zero-order valence-corrected chi connectivity index (χ0v) is 21.7. The highest BCUT2D eigenvalue weighted by atomic mass is 31.2. The Bertz CT molecular complexity index is 1810. The monoisotopic (exact) mass is 544 g/mol. The van der Waals surface area contributed by atoms with Crippen LogP contribution in [0, 0.1) is 142 Å². The number of phosphoric acid groups is 1. The molecule has 0 rings (SSSR count). The summed E-state index contributed by atoms with van der Waals surface area (Å²) in [5.74, 6) is 54.4. The van der Waals surface area contributed by atoms with E-state index >= 15 is 0 Å². The molecule has 40 heavy (non-hydrogen) atoms. The molecule has 0 amide bonds. The van der Waals surface area contributed by atoms with Crippen LogP contribution in [0.25, 0.3) is 0 Å². The Balaban J connectivity index is 5.03. The third-order valence-corrected chi connectivity index (χ3v) is 3.29. The molecule has 190 valence electrons. The fraction of sp³-hybridized carbons (Fsp3) is 0.161. The lowest BCUT2D eigenvalue weighted by Gasteiger charge is -2.16. The van der Waals surface area contributed by atoms with Crippen LogP contribution in [-0.4, -0.2) is 41.0 Å².